The molecule has 2 atom stereocenters. The molecule has 5 heteroatoms. The molecular formula is C26H57NO4. The molecule has 0 saturated carbocycles. The predicted molar refractivity (Wildman–Crippen MR) is 136 cm³/mol. The Morgan fingerprint density at radius 2 is 1.23 bits per heavy atom. The fraction of sp³-hybridized carbons (Fsp3) is 0.923. The molecule has 0 aromatic carbocycles. The van der Waals surface area contributed by atoms with Crippen LogP contribution in [-0.4, -0.2) is 73.4 Å². The number of unbranched alkanes of at least 4 members (excludes halogenated alkanes) is 3. The van der Waals surface area contributed by atoms with Crippen molar-refractivity contribution >= 4 is 0 Å². The second-order valence-corrected chi connectivity index (χ2v) is 7.95. The zero-order chi connectivity index (χ0) is 24.2. The van der Waals surface area contributed by atoms with Crippen molar-refractivity contribution in [1.82, 2.24) is 4.90 Å². The van der Waals surface area contributed by atoms with Crippen LogP contribution in [0.2, 0.25) is 0 Å². The average molecular weight is 448 g/mol. The van der Waals surface area contributed by atoms with Crippen LogP contribution < -0.4 is 0 Å². The normalized spacial score (nSPS) is 12.4. The van der Waals surface area contributed by atoms with E-state index in [2.05, 4.69) is 46.1 Å². The largest absolute Gasteiger partial charge is 0.391 e. The van der Waals surface area contributed by atoms with Crippen LogP contribution in [-0.2, 0) is 9.47 Å². The molecule has 0 fully saturated rings. The van der Waals surface area contributed by atoms with E-state index in [-0.39, 0.29) is 12.2 Å². The van der Waals surface area contributed by atoms with Gasteiger partial charge in [-0.2, -0.15) is 0 Å². The van der Waals surface area contributed by atoms with Crippen molar-refractivity contribution in [2.75, 3.05) is 46.1 Å². The molecule has 31 heavy (non-hydrogen) atoms. The van der Waals surface area contributed by atoms with Gasteiger partial charge in [0, 0.05) is 19.8 Å². The Labute approximate surface area is 195 Å². The van der Waals surface area contributed by atoms with E-state index in [1.54, 1.807) is 0 Å². The summed E-state index contributed by atoms with van der Waals surface area (Å²) in [5.74, 6) is 0. The molecule has 0 rings (SSSR count). The topological polar surface area (TPSA) is 62.2 Å². The van der Waals surface area contributed by atoms with Crippen LogP contribution in [0.5, 0.6) is 0 Å². The van der Waals surface area contributed by atoms with Crippen molar-refractivity contribution in [2.24, 2.45) is 0 Å². The zero-order valence-corrected chi connectivity index (χ0v) is 21.9. The van der Waals surface area contributed by atoms with Crippen LogP contribution in [0.1, 0.15) is 99.3 Å². The Balaban J connectivity index is -0.000000443. The van der Waals surface area contributed by atoms with Crippen molar-refractivity contribution in [3.63, 3.8) is 0 Å². The number of rotatable bonds is 19. The molecule has 5 nitrogen and oxygen atoms in total. The molecule has 0 radical (unpaired) electrons. The van der Waals surface area contributed by atoms with E-state index in [9.17, 15) is 5.11 Å². The third-order valence-corrected chi connectivity index (χ3v) is 4.42. The van der Waals surface area contributed by atoms with Gasteiger partial charge in [-0.15, -0.1) is 6.58 Å². The summed E-state index contributed by atoms with van der Waals surface area (Å²) >= 11 is 0. The van der Waals surface area contributed by atoms with Crippen LogP contribution in [0.3, 0.4) is 0 Å². The summed E-state index contributed by atoms with van der Waals surface area (Å²) in [6, 6.07) is 0. The first-order valence-corrected chi connectivity index (χ1v) is 12.8. The van der Waals surface area contributed by atoms with Crippen molar-refractivity contribution in [1.29, 1.82) is 0 Å². The third kappa shape index (κ3) is 34.3. The maximum Gasteiger partial charge on any atom is 0.0900 e. The quantitative estimate of drug-likeness (QED) is 0.193. The van der Waals surface area contributed by atoms with E-state index < -0.39 is 0 Å². The molecule has 2 N–H and O–H groups in total. The number of hydrogen-bond donors (Lipinski definition) is 2. The van der Waals surface area contributed by atoms with Gasteiger partial charge in [0.1, 0.15) is 0 Å². The molecule has 0 saturated heterocycles. The molecule has 0 aliphatic carbocycles. The highest BCUT2D eigenvalue weighted by Crippen LogP contribution is 1.98. The molecule has 0 heterocycles. The number of ether oxygens (including phenoxy) is 2. The summed E-state index contributed by atoms with van der Waals surface area (Å²) in [5.41, 5.74) is 0. The lowest BCUT2D eigenvalue weighted by Crippen LogP contribution is -2.36. The second-order valence-electron chi connectivity index (χ2n) is 7.95. The molecular weight excluding hydrogens is 390 g/mol. The fourth-order valence-corrected chi connectivity index (χ4v) is 2.53. The van der Waals surface area contributed by atoms with Gasteiger partial charge in [0.05, 0.1) is 25.4 Å². The zero-order valence-electron chi connectivity index (χ0n) is 21.9. The van der Waals surface area contributed by atoms with Gasteiger partial charge >= 0.3 is 0 Å². The predicted octanol–water partition coefficient (Wildman–Crippen LogP) is 5.83. The molecule has 0 aliphatic heterocycles. The van der Waals surface area contributed by atoms with Crippen molar-refractivity contribution in [3.05, 3.63) is 12.7 Å². The van der Waals surface area contributed by atoms with Crippen molar-refractivity contribution in [3.8, 4) is 0 Å². The monoisotopic (exact) mass is 447 g/mol. The lowest BCUT2D eigenvalue weighted by atomic mass is 10.3. The van der Waals surface area contributed by atoms with Gasteiger partial charge in [0.15, 0.2) is 0 Å². The smallest absolute Gasteiger partial charge is 0.0900 e. The highest BCUT2D eigenvalue weighted by atomic mass is 16.5. The highest BCUT2D eigenvalue weighted by molar-refractivity contribution is 4.64. The Bertz CT molecular complexity index is 310. The van der Waals surface area contributed by atoms with Crippen LogP contribution in [0.4, 0.5) is 0 Å². The Morgan fingerprint density at radius 3 is 1.55 bits per heavy atom. The molecule has 0 amide bonds. The SMILES string of the molecule is C=CCCC.CCCCOCC(O)CC.CCCCOCC(O)CN(CCC)CCC. The van der Waals surface area contributed by atoms with Gasteiger partial charge in [-0.05, 0) is 51.6 Å². The van der Waals surface area contributed by atoms with E-state index in [0.29, 0.717) is 13.2 Å². The van der Waals surface area contributed by atoms with E-state index in [1.807, 2.05) is 13.0 Å². The number of hydrogen-bond acceptors (Lipinski definition) is 5. The van der Waals surface area contributed by atoms with Crippen LogP contribution in [0.15, 0.2) is 12.7 Å². The molecule has 0 bridgehead atoms. The summed E-state index contributed by atoms with van der Waals surface area (Å²) in [6.45, 7) is 21.7. The highest BCUT2D eigenvalue weighted by Gasteiger charge is 2.10. The number of allylic oxidation sites excluding steroid dienone is 1. The van der Waals surface area contributed by atoms with Crippen LogP contribution >= 0.6 is 0 Å². The molecule has 0 aromatic rings. The summed E-state index contributed by atoms with van der Waals surface area (Å²) in [6.07, 6.45) is 11.3. The minimum Gasteiger partial charge on any atom is -0.391 e. The van der Waals surface area contributed by atoms with E-state index >= 15 is 0 Å². The van der Waals surface area contributed by atoms with Gasteiger partial charge in [-0.25, -0.2) is 0 Å². The summed E-state index contributed by atoms with van der Waals surface area (Å²) in [5, 5.41) is 18.8. The standard InChI is InChI=1S/C13H29NO2.C8H18O2.C5H10/c1-4-7-10-16-12-13(15)11-14(8-5-2)9-6-3;1-3-5-6-10-7-8(9)4-2;1-3-5-4-2/h13,15H,4-12H2,1-3H3;8-9H,3-7H2,1-2H3;3H,1,4-5H2,2H3. The summed E-state index contributed by atoms with van der Waals surface area (Å²) in [4.78, 5) is 2.31. The molecule has 0 aromatic heterocycles. The van der Waals surface area contributed by atoms with E-state index in [0.717, 1.165) is 84.2 Å². The summed E-state index contributed by atoms with van der Waals surface area (Å²) < 4.78 is 10.6. The Morgan fingerprint density at radius 1 is 0.742 bits per heavy atom. The third-order valence-electron chi connectivity index (χ3n) is 4.42. The molecule has 0 spiro atoms. The number of aliphatic hydroxyl groups is 2. The first kappa shape index (κ1) is 35.1. The van der Waals surface area contributed by atoms with Gasteiger partial charge in [-0.1, -0.05) is 66.9 Å². The van der Waals surface area contributed by atoms with Gasteiger partial charge < -0.3 is 24.6 Å². The molecule has 0 aliphatic rings. The van der Waals surface area contributed by atoms with Crippen LogP contribution in [0.25, 0.3) is 0 Å². The van der Waals surface area contributed by atoms with Gasteiger partial charge in [0.25, 0.3) is 0 Å². The van der Waals surface area contributed by atoms with E-state index in [1.165, 1.54) is 6.42 Å². The minimum atomic E-state index is -0.338. The lowest BCUT2D eigenvalue weighted by molar-refractivity contribution is 0.0158. The molecule has 2 unspecified atom stereocenters. The van der Waals surface area contributed by atoms with Gasteiger partial charge in [0.2, 0.25) is 0 Å². The first-order chi connectivity index (χ1) is 15.0. The van der Waals surface area contributed by atoms with Crippen molar-refractivity contribution in [2.45, 2.75) is 112 Å². The maximum absolute atomic E-state index is 9.81. The van der Waals surface area contributed by atoms with Crippen LogP contribution in [0, 0.1) is 0 Å². The van der Waals surface area contributed by atoms with E-state index in [4.69, 9.17) is 14.6 Å². The number of nitrogens with zero attached hydrogens (tertiary/aromatic N) is 1. The fourth-order valence-electron chi connectivity index (χ4n) is 2.53. The Hall–Kier alpha value is -0.460. The average Bonchev–Trinajstić information content (AvgIpc) is 2.76. The maximum atomic E-state index is 9.81. The molecule has 190 valence electrons. The second kappa shape index (κ2) is 31.7. The first-order valence-electron chi connectivity index (χ1n) is 12.8. The Kier molecular flexibility index (Phi) is 36.0. The lowest BCUT2D eigenvalue weighted by Gasteiger charge is -2.23. The summed E-state index contributed by atoms with van der Waals surface area (Å²) in [7, 11) is 0. The minimum absolute atomic E-state index is 0.267. The number of aliphatic hydroxyl groups excluding tert-OH is 2. The van der Waals surface area contributed by atoms with Gasteiger partial charge in [-0.3, -0.25) is 0 Å². The van der Waals surface area contributed by atoms with Crippen molar-refractivity contribution < 1.29 is 19.7 Å².